The van der Waals surface area contributed by atoms with Gasteiger partial charge in [-0.25, -0.2) is 4.79 Å². The molecule has 1 heterocycles. The van der Waals surface area contributed by atoms with Crippen LogP contribution in [0.5, 0.6) is 5.75 Å². The minimum Gasteiger partial charge on any atom is -0.494 e. The number of hydrogen-bond acceptors (Lipinski definition) is 7. The van der Waals surface area contributed by atoms with Crippen LogP contribution < -0.4 is 4.74 Å². The van der Waals surface area contributed by atoms with Crippen molar-refractivity contribution < 1.29 is 14.3 Å². The van der Waals surface area contributed by atoms with Crippen LogP contribution in [0.15, 0.2) is 58.2 Å². The summed E-state index contributed by atoms with van der Waals surface area (Å²) in [7, 11) is 1.59. The molecule has 9 heteroatoms. The smallest absolute Gasteiger partial charge is 0.340 e. The van der Waals surface area contributed by atoms with Crippen molar-refractivity contribution in [2.24, 2.45) is 0 Å². The molecule has 0 aliphatic heterocycles. The fourth-order valence-electron chi connectivity index (χ4n) is 2.23. The van der Waals surface area contributed by atoms with Gasteiger partial charge in [-0.05, 0) is 50.6 Å². The third kappa shape index (κ3) is 4.91. The topological polar surface area (TPSA) is 79.1 Å². The second-order valence-corrected chi connectivity index (χ2v) is 7.04. The molecule has 0 fully saturated rings. The van der Waals surface area contributed by atoms with Crippen molar-refractivity contribution in [3.05, 3.63) is 58.6 Å². The Balaban J connectivity index is 1.54. The number of nitrogens with zero attached hydrogens (tertiary/aromatic N) is 4. The molecule has 0 radical (unpaired) electrons. The van der Waals surface area contributed by atoms with Gasteiger partial charge in [-0.3, -0.25) is 0 Å². The Hall–Kier alpha value is -2.83. The van der Waals surface area contributed by atoms with E-state index in [4.69, 9.17) is 9.47 Å². The number of rotatable bonds is 6. The maximum Gasteiger partial charge on any atom is 0.340 e. The minimum absolute atomic E-state index is 0.0121. The highest BCUT2D eigenvalue weighted by molar-refractivity contribution is 9.10. The minimum atomic E-state index is -0.422. The summed E-state index contributed by atoms with van der Waals surface area (Å²) in [5.41, 5.74) is 1.21. The Bertz CT molecular complexity index is 1030. The quantitative estimate of drug-likeness (QED) is 0.318. The lowest BCUT2D eigenvalue weighted by atomic mass is 10.2. The Kier molecular flexibility index (Phi) is 7.06. The molecule has 0 saturated carbocycles. The molecule has 0 N–H and O–H groups in total. The lowest BCUT2D eigenvalue weighted by Crippen LogP contribution is -2.06. The van der Waals surface area contributed by atoms with Crippen molar-refractivity contribution in [3.63, 3.8) is 0 Å². The van der Waals surface area contributed by atoms with Gasteiger partial charge in [0.15, 0.2) is 6.61 Å². The van der Waals surface area contributed by atoms with E-state index in [1.807, 2.05) is 30.3 Å². The SMILES string of the molecule is COc1ccccc1-n1nnnc1SCC#CCOC(=O)c1ccccc1Br. The van der Waals surface area contributed by atoms with E-state index in [0.29, 0.717) is 26.7 Å². The number of methoxy groups -OCH3 is 1. The van der Waals surface area contributed by atoms with Crippen molar-refractivity contribution in [1.29, 1.82) is 0 Å². The molecule has 28 heavy (non-hydrogen) atoms. The number of carbonyl (C=O) groups excluding carboxylic acids is 1. The van der Waals surface area contributed by atoms with E-state index >= 15 is 0 Å². The third-order valence-electron chi connectivity index (χ3n) is 3.52. The lowest BCUT2D eigenvalue weighted by Gasteiger charge is -2.08. The second-order valence-electron chi connectivity index (χ2n) is 5.24. The molecule has 0 bridgehead atoms. The third-order valence-corrected chi connectivity index (χ3v) is 5.01. The first-order chi connectivity index (χ1) is 13.7. The van der Waals surface area contributed by atoms with Gasteiger partial charge in [0.1, 0.15) is 11.4 Å². The van der Waals surface area contributed by atoms with Crippen LogP contribution >= 0.6 is 27.7 Å². The van der Waals surface area contributed by atoms with Crippen molar-refractivity contribution in [3.8, 4) is 23.3 Å². The number of halogens is 1. The van der Waals surface area contributed by atoms with E-state index in [2.05, 4.69) is 43.3 Å². The largest absolute Gasteiger partial charge is 0.494 e. The fourth-order valence-corrected chi connectivity index (χ4v) is 3.34. The van der Waals surface area contributed by atoms with Gasteiger partial charge < -0.3 is 9.47 Å². The van der Waals surface area contributed by atoms with E-state index in [1.54, 1.807) is 30.0 Å². The molecular weight excluding hydrogens is 444 g/mol. The van der Waals surface area contributed by atoms with Crippen LogP contribution in [0.1, 0.15) is 10.4 Å². The summed E-state index contributed by atoms with van der Waals surface area (Å²) in [6.45, 7) is 0.0121. The predicted molar refractivity (Wildman–Crippen MR) is 109 cm³/mol. The van der Waals surface area contributed by atoms with Crippen molar-refractivity contribution in [1.82, 2.24) is 20.2 Å². The van der Waals surface area contributed by atoms with Gasteiger partial charge in [0.05, 0.1) is 18.4 Å². The molecule has 1 aromatic heterocycles. The molecule has 0 aliphatic rings. The zero-order chi connectivity index (χ0) is 19.8. The molecule has 3 rings (SSSR count). The van der Waals surface area contributed by atoms with E-state index < -0.39 is 5.97 Å². The highest BCUT2D eigenvalue weighted by atomic mass is 79.9. The molecule has 0 saturated heterocycles. The monoisotopic (exact) mass is 458 g/mol. The maximum atomic E-state index is 12.0. The zero-order valence-corrected chi connectivity index (χ0v) is 17.2. The second kappa shape index (κ2) is 9.92. The van der Waals surface area contributed by atoms with Gasteiger partial charge in [0, 0.05) is 4.47 Å². The predicted octanol–water partition coefficient (Wildman–Crippen LogP) is 3.39. The molecule has 7 nitrogen and oxygen atoms in total. The summed E-state index contributed by atoms with van der Waals surface area (Å²) in [4.78, 5) is 12.0. The molecule has 142 valence electrons. The average Bonchev–Trinajstić information content (AvgIpc) is 3.19. The first-order valence-electron chi connectivity index (χ1n) is 8.12. The van der Waals surface area contributed by atoms with Crippen LogP contribution in [0.2, 0.25) is 0 Å². The number of thioether (sulfide) groups is 1. The van der Waals surface area contributed by atoms with Gasteiger partial charge >= 0.3 is 5.97 Å². The van der Waals surface area contributed by atoms with Gasteiger partial charge in [-0.2, -0.15) is 4.68 Å². The number of benzene rings is 2. The van der Waals surface area contributed by atoms with E-state index in [0.717, 1.165) is 5.69 Å². The first kappa shape index (κ1) is 19.9. The van der Waals surface area contributed by atoms with Gasteiger partial charge in [-0.1, -0.05) is 47.9 Å². The number of carbonyl (C=O) groups is 1. The van der Waals surface area contributed by atoms with Crippen LogP contribution in [-0.4, -0.2) is 45.6 Å². The number of esters is 1. The normalized spacial score (nSPS) is 10.1. The van der Waals surface area contributed by atoms with Crippen LogP contribution in [0.3, 0.4) is 0 Å². The van der Waals surface area contributed by atoms with Crippen LogP contribution in [0.25, 0.3) is 5.69 Å². The molecule has 0 aliphatic carbocycles. The van der Waals surface area contributed by atoms with Crippen LogP contribution in [0, 0.1) is 11.8 Å². The summed E-state index contributed by atoms with van der Waals surface area (Å²) in [6, 6.07) is 14.5. The summed E-state index contributed by atoms with van der Waals surface area (Å²) >= 11 is 4.69. The molecular formula is C19H15BrN4O3S. The molecule has 0 amide bonds. The number of ether oxygens (including phenoxy) is 2. The fraction of sp³-hybridized carbons (Fsp3) is 0.158. The molecule has 0 atom stereocenters. The summed E-state index contributed by atoms with van der Waals surface area (Å²) in [6.07, 6.45) is 0. The Morgan fingerprint density at radius 2 is 1.96 bits per heavy atom. The number of tetrazole rings is 1. The Labute approximate surface area is 174 Å². The van der Waals surface area contributed by atoms with Gasteiger partial charge in [0.25, 0.3) is 0 Å². The summed E-state index contributed by atoms with van der Waals surface area (Å²) in [5, 5.41) is 12.3. The molecule has 0 spiro atoms. The highest BCUT2D eigenvalue weighted by Gasteiger charge is 2.12. The molecule has 3 aromatic rings. The summed E-state index contributed by atoms with van der Waals surface area (Å²) < 4.78 is 12.8. The lowest BCUT2D eigenvalue weighted by molar-refractivity contribution is 0.0555. The highest BCUT2D eigenvalue weighted by Crippen LogP contribution is 2.25. The van der Waals surface area contributed by atoms with E-state index in [-0.39, 0.29) is 6.61 Å². The van der Waals surface area contributed by atoms with Crippen molar-refractivity contribution >= 4 is 33.7 Å². The molecule has 2 aromatic carbocycles. The summed E-state index contributed by atoms with van der Waals surface area (Å²) in [5.74, 6) is 6.45. The maximum absolute atomic E-state index is 12.0. The van der Waals surface area contributed by atoms with E-state index in [1.165, 1.54) is 11.8 Å². The Morgan fingerprint density at radius 1 is 1.18 bits per heavy atom. The standard InChI is InChI=1S/C19H15BrN4O3S/c1-26-17-11-5-4-10-16(17)24-19(21-22-23-24)28-13-7-6-12-27-18(25)14-8-2-3-9-15(14)20/h2-5,8-11H,12-13H2,1H3. The van der Waals surface area contributed by atoms with Crippen molar-refractivity contribution in [2.75, 3.05) is 19.5 Å². The number of para-hydroxylation sites is 2. The Morgan fingerprint density at radius 3 is 2.79 bits per heavy atom. The van der Waals surface area contributed by atoms with E-state index in [9.17, 15) is 4.79 Å². The number of hydrogen-bond donors (Lipinski definition) is 0. The van der Waals surface area contributed by atoms with Crippen molar-refractivity contribution in [2.45, 2.75) is 5.16 Å². The van der Waals surface area contributed by atoms with Crippen LogP contribution in [0.4, 0.5) is 0 Å². The number of aromatic nitrogens is 4. The van der Waals surface area contributed by atoms with Gasteiger partial charge in [0.2, 0.25) is 5.16 Å². The zero-order valence-electron chi connectivity index (χ0n) is 14.8. The first-order valence-corrected chi connectivity index (χ1v) is 9.90. The van der Waals surface area contributed by atoms with Crippen LogP contribution in [-0.2, 0) is 4.74 Å². The molecule has 0 unspecified atom stereocenters. The van der Waals surface area contributed by atoms with Gasteiger partial charge in [-0.15, -0.1) is 5.10 Å². The average molecular weight is 459 g/mol.